The Morgan fingerprint density at radius 2 is 1.56 bits per heavy atom. The molecule has 0 N–H and O–H groups in total. The number of piperazine rings is 1. The van der Waals surface area contributed by atoms with E-state index in [-0.39, 0.29) is 24.6 Å². The van der Waals surface area contributed by atoms with Gasteiger partial charge in [0.1, 0.15) is 5.82 Å². The number of para-hydroxylation sites is 1. The summed E-state index contributed by atoms with van der Waals surface area (Å²) in [4.78, 5) is 25.8. The maximum Gasteiger partial charge on any atom is 0.330 e. The summed E-state index contributed by atoms with van der Waals surface area (Å²) in [6.07, 6.45) is 0. The highest BCUT2D eigenvalue weighted by Crippen LogP contribution is 2.23. The number of nitrogens with zero attached hydrogens (tertiary/aromatic N) is 4. The van der Waals surface area contributed by atoms with E-state index in [4.69, 9.17) is 0 Å². The molecule has 1 aliphatic rings. The number of aromatic nitrogens is 2. The molecule has 8 nitrogen and oxygen atoms in total. The number of sulfonamides is 1. The van der Waals surface area contributed by atoms with Crippen molar-refractivity contribution in [1.29, 1.82) is 0 Å². The zero-order valence-corrected chi connectivity index (χ0v) is 16.2. The lowest BCUT2D eigenvalue weighted by molar-refractivity contribution is 0.381. The normalized spacial score (nSPS) is 15.9. The Bertz CT molecular complexity index is 1100. The van der Waals surface area contributed by atoms with Gasteiger partial charge < -0.3 is 4.90 Å². The van der Waals surface area contributed by atoms with Gasteiger partial charge in [0.15, 0.2) is 4.90 Å². The number of benzene rings is 1. The maximum absolute atomic E-state index is 14.0. The zero-order chi connectivity index (χ0) is 19.9. The Labute approximate surface area is 156 Å². The molecule has 146 valence electrons. The molecular formula is C17H21FN4O4S. The van der Waals surface area contributed by atoms with E-state index in [1.165, 1.54) is 31.4 Å². The fourth-order valence-corrected chi connectivity index (χ4v) is 4.99. The van der Waals surface area contributed by atoms with E-state index < -0.39 is 26.2 Å². The molecule has 1 aromatic heterocycles. The summed E-state index contributed by atoms with van der Waals surface area (Å²) >= 11 is 0. The van der Waals surface area contributed by atoms with Crippen molar-refractivity contribution in [2.24, 2.45) is 14.1 Å². The summed E-state index contributed by atoms with van der Waals surface area (Å²) in [5, 5.41) is 0. The van der Waals surface area contributed by atoms with Crippen molar-refractivity contribution in [2.45, 2.75) is 11.8 Å². The van der Waals surface area contributed by atoms with Crippen LogP contribution >= 0.6 is 0 Å². The average Bonchev–Trinajstić information content (AvgIpc) is 2.65. The van der Waals surface area contributed by atoms with Crippen molar-refractivity contribution >= 4 is 15.7 Å². The van der Waals surface area contributed by atoms with Crippen LogP contribution in [0.2, 0.25) is 0 Å². The minimum atomic E-state index is -4.08. The number of hydrogen-bond donors (Lipinski definition) is 0. The van der Waals surface area contributed by atoms with Crippen LogP contribution < -0.4 is 16.1 Å². The highest BCUT2D eigenvalue weighted by atomic mass is 32.2. The third kappa shape index (κ3) is 3.19. The molecule has 3 rings (SSSR count). The Morgan fingerprint density at radius 3 is 2.15 bits per heavy atom. The van der Waals surface area contributed by atoms with Crippen molar-refractivity contribution in [2.75, 3.05) is 31.1 Å². The molecule has 1 fully saturated rings. The first-order valence-electron chi connectivity index (χ1n) is 8.42. The molecule has 0 saturated carbocycles. The second-order valence-corrected chi connectivity index (χ2v) is 8.34. The van der Waals surface area contributed by atoms with Gasteiger partial charge in [0.25, 0.3) is 5.56 Å². The van der Waals surface area contributed by atoms with Gasteiger partial charge in [0.2, 0.25) is 10.0 Å². The zero-order valence-electron chi connectivity index (χ0n) is 15.3. The topological polar surface area (TPSA) is 84.6 Å². The Kier molecular flexibility index (Phi) is 4.96. The van der Waals surface area contributed by atoms with Gasteiger partial charge in [-0.05, 0) is 19.1 Å². The predicted octanol–water partition coefficient (Wildman–Crippen LogP) is 0.0424. The third-order valence-corrected chi connectivity index (χ3v) is 6.97. The summed E-state index contributed by atoms with van der Waals surface area (Å²) < 4.78 is 43.2. The van der Waals surface area contributed by atoms with E-state index in [0.717, 1.165) is 9.13 Å². The van der Waals surface area contributed by atoms with Crippen LogP contribution in [0.25, 0.3) is 0 Å². The molecule has 0 spiro atoms. The fraction of sp³-hybridized carbons (Fsp3) is 0.412. The summed E-state index contributed by atoms with van der Waals surface area (Å²) in [5.41, 5.74) is -0.906. The average molecular weight is 396 g/mol. The molecule has 0 atom stereocenters. The van der Waals surface area contributed by atoms with Crippen LogP contribution in [0.3, 0.4) is 0 Å². The van der Waals surface area contributed by atoms with Gasteiger partial charge in [0, 0.05) is 46.0 Å². The maximum atomic E-state index is 14.0. The first-order chi connectivity index (χ1) is 12.7. The predicted molar refractivity (Wildman–Crippen MR) is 99.0 cm³/mol. The quantitative estimate of drug-likeness (QED) is 0.732. The standard InChI is InChI=1S/C17H21FN4O4S/c1-12-15(16(23)20(3)17(24)19(12)2)27(25,26)22-10-8-21(9-11-22)14-7-5-4-6-13(14)18/h4-7H,8-11H2,1-3H3. The van der Waals surface area contributed by atoms with Crippen LogP contribution in [0.4, 0.5) is 10.1 Å². The summed E-state index contributed by atoms with van der Waals surface area (Å²) in [5.74, 6) is -0.364. The van der Waals surface area contributed by atoms with E-state index in [1.807, 2.05) is 0 Å². The number of rotatable bonds is 3. The van der Waals surface area contributed by atoms with Crippen LogP contribution in [0.5, 0.6) is 0 Å². The van der Waals surface area contributed by atoms with Crippen LogP contribution in [0, 0.1) is 12.7 Å². The molecule has 0 bridgehead atoms. The van der Waals surface area contributed by atoms with Gasteiger partial charge in [0.05, 0.1) is 5.69 Å². The van der Waals surface area contributed by atoms with Gasteiger partial charge in [-0.1, -0.05) is 12.1 Å². The van der Waals surface area contributed by atoms with Crippen LogP contribution in [-0.2, 0) is 24.1 Å². The molecule has 1 saturated heterocycles. The van der Waals surface area contributed by atoms with Crippen molar-refractivity contribution in [1.82, 2.24) is 13.4 Å². The van der Waals surface area contributed by atoms with Gasteiger partial charge in [-0.3, -0.25) is 13.9 Å². The molecule has 0 amide bonds. The molecule has 2 aromatic rings. The second-order valence-electron chi connectivity index (χ2n) is 6.46. The lowest BCUT2D eigenvalue weighted by Gasteiger charge is -2.35. The Balaban J connectivity index is 1.92. The van der Waals surface area contributed by atoms with Gasteiger partial charge in [-0.2, -0.15) is 4.31 Å². The van der Waals surface area contributed by atoms with E-state index in [0.29, 0.717) is 18.8 Å². The molecule has 2 heterocycles. The Hall–Kier alpha value is -2.46. The number of hydrogen-bond acceptors (Lipinski definition) is 5. The Morgan fingerprint density at radius 1 is 0.963 bits per heavy atom. The van der Waals surface area contributed by atoms with Crippen molar-refractivity contribution < 1.29 is 12.8 Å². The summed E-state index contributed by atoms with van der Waals surface area (Å²) in [6.45, 7) is 2.26. The van der Waals surface area contributed by atoms with Crippen molar-refractivity contribution in [3.8, 4) is 0 Å². The highest BCUT2D eigenvalue weighted by Gasteiger charge is 2.34. The van der Waals surface area contributed by atoms with Crippen LogP contribution in [-0.4, -0.2) is 48.0 Å². The summed E-state index contributed by atoms with van der Waals surface area (Å²) in [6, 6.07) is 6.32. The highest BCUT2D eigenvalue weighted by molar-refractivity contribution is 7.89. The second kappa shape index (κ2) is 6.93. The van der Waals surface area contributed by atoms with Gasteiger partial charge in [-0.25, -0.2) is 17.6 Å². The van der Waals surface area contributed by atoms with Crippen molar-refractivity contribution in [3.63, 3.8) is 0 Å². The first kappa shape index (κ1) is 19.3. The molecule has 1 aliphatic heterocycles. The minimum absolute atomic E-state index is 0.0969. The lowest BCUT2D eigenvalue weighted by Crippen LogP contribution is -2.51. The van der Waals surface area contributed by atoms with Gasteiger partial charge in [-0.15, -0.1) is 0 Å². The number of anilines is 1. The van der Waals surface area contributed by atoms with E-state index in [9.17, 15) is 22.4 Å². The SMILES string of the molecule is Cc1c(S(=O)(=O)N2CCN(c3ccccc3F)CC2)c(=O)n(C)c(=O)n1C. The molecule has 0 aliphatic carbocycles. The largest absolute Gasteiger partial charge is 0.367 e. The molecule has 10 heteroatoms. The minimum Gasteiger partial charge on any atom is -0.367 e. The van der Waals surface area contributed by atoms with Crippen LogP contribution in [0.1, 0.15) is 5.69 Å². The van der Waals surface area contributed by atoms with E-state index in [1.54, 1.807) is 23.1 Å². The molecule has 0 unspecified atom stereocenters. The first-order valence-corrected chi connectivity index (χ1v) is 9.86. The number of halogens is 1. The molecular weight excluding hydrogens is 375 g/mol. The molecule has 1 aromatic carbocycles. The lowest BCUT2D eigenvalue weighted by atomic mass is 10.2. The van der Waals surface area contributed by atoms with Crippen LogP contribution in [0.15, 0.2) is 38.8 Å². The smallest absolute Gasteiger partial charge is 0.330 e. The van der Waals surface area contributed by atoms with Crippen molar-refractivity contribution in [3.05, 3.63) is 56.6 Å². The van der Waals surface area contributed by atoms with E-state index in [2.05, 4.69) is 0 Å². The van der Waals surface area contributed by atoms with E-state index >= 15 is 0 Å². The third-order valence-electron chi connectivity index (χ3n) is 4.93. The molecule has 0 radical (unpaired) electrons. The molecule has 27 heavy (non-hydrogen) atoms. The van der Waals surface area contributed by atoms with Gasteiger partial charge >= 0.3 is 5.69 Å². The summed E-state index contributed by atoms with van der Waals surface area (Å²) in [7, 11) is -1.41. The monoisotopic (exact) mass is 396 g/mol. The fourth-order valence-electron chi connectivity index (χ4n) is 3.22.